The summed E-state index contributed by atoms with van der Waals surface area (Å²) < 4.78 is 5.70. The predicted molar refractivity (Wildman–Crippen MR) is 47.3 cm³/mol. The van der Waals surface area contributed by atoms with Crippen molar-refractivity contribution in [3.63, 3.8) is 0 Å². The van der Waals surface area contributed by atoms with E-state index in [1.54, 1.807) is 12.3 Å². The molecule has 2 rings (SSSR count). The second kappa shape index (κ2) is 2.33. The summed E-state index contributed by atoms with van der Waals surface area (Å²) in [5, 5.41) is 0. The number of aromatic nitrogens is 2. The smallest absolute Gasteiger partial charge is 0.405 e. The van der Waals surface area contributed by atoms with Gasteiger partial charge in [0.2, 0.25) is 0 Å². The van der Waals surface area contributed by atoms with Crippen LogP contribution in [0.25, 0.3) is 11.2 Å². The molecule has 2 aromatic heterocycles. The van der Waals surface area contributed by atoms with Crippen LogP contribution in [0.15, 0.2) is 21.5 Å². The highest BCUT2D eigenvalue weighted by molar-refractivity contribution is 14.1. The number of hydrogen-bond donors (Lipinski definition) is 1. The van der Waals surface area contributed by atoms with Gasteiger partial charge >= 0.3 is 5.76 Å². The summed E-state index contributed by atoms with van der Waals surface area (Å²) in [5.41, 5.74) is 1.03. The van der Waals surface area contributed by atoms with E-state index in [0.29, 0.717) is 11.2 Å². The molecule has 2 aromatic rings. The summed E-state index contributed by atoms with van der Waals surface area (Å²) in [4.78, 5) is 17.0. The molecule has 0 bridgehead atoms. The molecule has 4 nitrogen and oxygen atoms in total. The number of rotatable bonds is 0. The standard InChI is InChI=1S/C6H3IN2O2/c7-3-1-2-8-5-4(3)11-6(10)9-5/h1-2H,(H,8,9,10). The summed E-state index contributed by atoms with van der Waals surface area (Å²) in [6, 6.07) is 1.78. The van der Waals surface area contributed by atoms with Crippen molar-refractivity contribution in [3.05, 3.63) is 26.4 Å². The highest BCUT2D eigenvalue weighted by Crippen LogP contribution is 2.14. The Morgan fingerprint density at radius 1 is 1.64 bits per heavy atom. The van der Waals surface area contributed by atoms with Gasteiger partial charge in [-0.2, -0.15) is 0 Å². The number of fused-ring (bicyclic) bond motifs is 1. The molecule has 2 heterocycles. The van der Waals surface area contributed by atoms with Crippen LogP contribution in [0.4, 0.5) is 0 Å². The molecule has 0 amide bonds. The van der Waals surface area contributed by atoms with E-state index in [0.717, 1.165) is 3.57 Å². The Balaban J connectivity index is 3.01. The largest absolute Gasteiger partial charge is 0.418 e. The van der Waals surface area contributed by atoms with Crippen LogP contribution in [-0.2, 0) is 0 Å². The Labute approximate surface area is 74.8 Å². The molecule has 0 aliphatic heterocycles. The van der Waals surface area contributed by atoms with Gasteiger partial charge in [-0.25, -0.2) is 9.78 Å². The molecule has 0 aliphatic carbocycles. The minimum Gasteiger partial charge on any atom is -0.405 e. The second-order valence-corrected chi connectivity index (χ2v) is 3.15. The summed E-state index contributed by atoms with van der Waals surface area (Å²) in [6.07, 6.45) is 1.62. The van der Waals surface area contributed by atoms with Gasteiger partial charge in [0.1, 0.15) is 0 Å². The molecule has 0 spiro atoms. The van der Waals surface area contributed by atoms with Crippen LogP contribution in [-0.4, -0.2) is 9.97 Å². The third-order valence-electron chi connectivity index (χ3n) is 1.27. The molecular formula is C6H3IN2O2. The van der Waals surface area contributed by atoms with Gasteiger partial charge in [-0.3, -0.25) is 4.98 Å². The van der Waals surface area contributed by atoms with E-state index in [9.17, 15) is 4.79 Å². The maximum atomic E-state index is 10.7. The highest BCUT2D eigenvalue weighted by Gasteiger charge is 2.03. The average Bonchev–Trinajstić information content (AvgIpc) is 2.31. The maximum Gasteiger partial charge on any atom is 0.418 e. The van der Waals surface area contributed by atoms with E-state index in [2.05, 4.69) is 32.6 Å². The zero-order valence-corrected chi connectivity index (χ0v) is 7.45. The van der Waals surface area contributed by atoms with Gasteiger partial charge in [-0.15, -0.1) is 0 Å². The lowest BCUT2D eigenvalue weighted by molar-refractivity contribution is 0.553. The van der Waals surface area contributed by atoms with Crippen LogP contribution >= 0.6 is 22.6 Å². The minimum absolute atomic E-state index is 0.461. The zero-order valence-electron chi connectivity index (χ0n) is 5.30. The number of nitrogens with one attached hydrogen (secondary N) is 1. The molecule has 0 saturated carbocycles. The van der Waals surface area contributed by atoms with Gasteiger partial charge in [0.15, 0.2) is 11.2 Å². The van der Waals surface area contributed by atoms with E-state index in [4.69, 9.17) is 4.42 Å². The number of aromatic amines is 1. The van der Waals surface area contributed by atoms with E-state index < -0.39 is 5.76 Å². The van der Waals surface area contributed by atoms with Crippen LogP contribution < -0.4 is 5.76 Å². The SMILES string of the molecule is O=c1[nH]c2nccc(I)c2o1. The lowest BCUT2D eigenvalue weighted by atomic mass is 10.5. The number of oxazole rings is 1. The molecule has 11 heavy (non-hydrogen) atoms. The Morgan fingerprint density at radius 3 is 3.18 bits per heavy atom. The second-order valence-electron chi connectivity index (χ2n) is 1.99. The number of H-pyrrole nitrogens is 1. The zero-order chi connectivity index (χ0) is 7.84. The highest BCUT2D eigenvalue weighted by atomic mass is 127. The van der Waals surface area contributed by atoms with Gasteiger partial charge in [0, 0.05) is 6.20 Å². The summed E-state index contributed by atoms with van der Waals surface area (Å²) >= 11 is 2.08. The Morgan fingerprint density at radius 2 is 2.45 bits per heavy atom. The third-order valence-corrected chi connectivity index (χ3v) is 2.12. The lowest BCUT2D eigenvalue weighted by Crippen LogP contribution is -1.93. The number of nitrogens with zero attached hydrogens (tertiary/aromatic N) is 1. The fourth-order valence-electron chi connectivity index (χ4n) is 0.826. The normalized spacial score (nSPS) is 10.6. The van der Waals surface area contributed by atoms with Crippen LogP contribution in [0.3, 0.4) is 0 Å². The third kappa shape index (κ3) is 1.05. The summed E-state index contributed by atoms with van der Waals surface area (Å²) in [6.45, 7) is 0. The maximum absolute atomic E-state index is 10.7. The predicted octanol–water partition coefficient (Wildman–Crippen LogP) is 1.12. The first-order chi connectivity index (χ1) is 5.27. The quantitative estimate of drug-likeness (QED) is 0.724. The van der Waals surface area contributed by atoms with E-state index >= 15 is 0 Å². The topological polar surface area (TPSA) is 58.9 Å². The van der Waals surface area contributed by atoms with Crippen molar-refractivity contribution in [1.29, 1.82) is 0 Å². The van der Waals surface area contributed by atoms with Crippen molar-refractivity contribution in [3.8, 4) is 0 Å². The van der Waals surface area contributed by atoms with E-state index in [1.807, 2.05) is 0 Å². The van der Waals surface area contributed by atoms with Crippen LogP contribution in [0.2, 0.25) is 0 Å². The molecule has 0 unspecified atom stereocenters. The van der Waals surface area contributed by atoms with Crippen LogP contribution in [0.5, 0.6) is 0 Å². The molecule has 0 radical (unpaired) electrons. The van der Waals surface area contributed by atoms with Gasteiger partial charge in [0.25, 0.3) is 0 Å². The van der Waals surface area contributed by atoms with E-state index in [-0.39, 0.29) is 0 Å². The first kappa shape index (κ1) is 6.84. The lowest BCUT2D eigenvalue weighted by Gasteiger charge is -1.86. The van der Waals surface area contributed by atoms with Crippen molar-refractivity contribution in [2.75, 3.05) is 0 Å². The fourth-order valence-corrected chi connectivity index (χ4v) is 1.35. The van der Waals surface area contributed by atoms with Crippen molar-refractivity contribution in [1.82, 2.24) is 9.97 Å². The molecule has 0 aromatic carbocycles. The monoisotopic (exact) mass is 262 g/mol. The van der Waals surface area contributed by atoms with Crippen molar-refractivity contribution < 1.29 is 4.42 Å². The number of halogens is 1. The average molecular weight is 262 g/mol. The molecule has 0 fully saturated rings. The van der Waals surface area contributed by atoms with E-state index in [1.165, 1.54) is 0 Å². The Hall–Kier alpha value is -0.850. The van der Waals surface area contributed by atoms with Gasteiger partial charge < -0.3 is 4.42 Å². The molecule has 0 aliphatic rings. The molecule has 0 atom stereocenters. The van der Waals surface area contributed by atoms with Crippen LogP contribution in [0.1, 0.15) is 0 Å². The van der Waals surface area contributed by atoms with Gasteiger partial charge in [-0.1, -0.05) is 0 Å². The fraction of sp³-hybridized carbons (Fsp3) is 0. The van der Waals surface area contributed by atoms with Crippen molar-refractivity contribution in [2.24, 2.45) is 0 Å². The van der Waals surface area contributed by atoms with Gasteiger partial charge in [-0.05, 0) is 28.7 Å². The molecule has 0 saturated heterocycles. The Bertz CT molecular complexity index is 445. The van der Waals surface area contributed by atoms with Crippen LogP contribution in [0, 0.1) is 3.57 Å². The Kier molecular flexibility index (Phi) is 1.45. The van der Waals surface area contributed by atoms with Crippen molar-refractivity contribution in [2.45, 2.75) is 0 Å². The molecular weight excluding hydrogens is 259 g/mol. The first-order valence-corrected chi connectivity index (χ1v) is 3.98. The van der Waals surface area contributed by atoms with Crippen molar-refractivity contribution >= 4 is 33.8 Å². The summed E-state index contributed by atoms with van der Waals surface area (Å²) in [5.74, 6) is -0.461. The first-order valence-electron chi connectivity index (χ1n) is 2.91. The number of pyridine rings is 1. The molecule has 56 valence electrons. The number of hydrogen-bond acceptors (Lipinski definition) is 3. The minimum atomic E-state index is -0.461. The molecule has 1 N–H and O–H groups in total. The molecule has 5 heteroatoms. The summed E-state index contributed by atoms with van der Waals surface area (Å²) in [7, 11) is 0. The van der Waals surface area contributed by atoms with Gasteiger partial charge in [0.05, 0.1) is 3.57 Å².